The van der Waals surface area contributed by atoms with E-state index in [1.54, 1.807) is 48.9 Å². The molecular weight excluding hydrogens is 857 g/mol. The first kappa shape index (κ1) is 44.1. The first-order valence-corrected chi connectivity index (χ1v) is 22.4. The molecule has 3 atom stereocenters. The van der Waals surface area contributed by atoms with Gasteiger partial charge in [-0.1, -0.05) is 108 Å². The van der Waals surface area contributed by atoms with E-state index in [-0.39, 0.29) is 23.7 Å². The highest BCUT2D eigenvalue weighted by molar-refractivity contribution is 8.00. The molecule has 5 aromatic rings. The second-order valence-electron chi connectivity index (χ2n) is 15.8. The highest BCUT2D eigenvalue weighted by Gasteiger charge is 2.56. The van der Waals surface area contributed by atoms with Gasteiger partial charge in [-0.2, -0.15) is 5.06 Å². The van der Waals surface area contributed by atoms with Crippen molar-refractivity contribution in [2.75, 3.05) is 31.8 Å². The lowest BCUT2D eigenvalue weighted by atomic mass is 9.77. The third-order valence-electron chi connectivity index (χ3n) is 11.2. The van der Waals surface area contributed by atoms with Crippen LogP contribution in [0.4, 0.5) is 5.13 Å². The lowest BCUT2D eigenvalue weighted by Gasteiger charge is -2.50. The minimum absolute atomic E-state index is 0.0504. The second-order valence-corrected chi connectivity index (χ2v) is 17.7. The third-order valence-corrected chi connectivity index (χ3v) is 13.2. The van der Waals surface area contributed by atoms with E-state index in [2.05, 4.69) is 15.8 Å². The highest BCUT2D eigenvalue weighted by atomic mass is 32.2. The van der Waals surface area contributed by atoms with Crippen molar-refractivity contribution in [3.8, 4) is 5.75 Å². The molecule has 15 nitrogen and oxygen atoms in total. The maximum absolute atomic E-state index is 14.4. The lowest BCUT2D eigenvalue weighted by molar-refractivity contribution is -0.161. The number of benzene rings is 4. The van der Waals surface area contributed by atoms with Gasteiger partial charge in [0.1, 0.15) is 46.8 Å². The zero-order valence-electron chi connectivity index (χ0n) is 35.4. The molecule has 64 heavy (non-hydrogen) atoms. The molecule has 4 aromatic carbocycles. The molecule has 2 saturated heterocycles. The van der Waals surface area contributed by atoms with Gasteiger partial charge in [0.05, 0.1) is 7.11 Å². The van der Waals surface area contributed by atoms with Crippen molar-refractivity contribution in [2.24, 2.45) is 5.16 Å². The predicted octanol–water partition coefficient (Wildman–Crippen LogP) is 6.17. The second kappa shape index (κ2) is 18.7. The zero-order chi connectivity index (χ0) is 45.0. The summed E-state index contributed by atoms with van der Waals surface area (Å²) in [5, 5.41) is 23.4. The summed E-state index contributed by atoms with van der Waals surface area (Å²) in [6, 6.07) is 35.7. The molecule has 0 spiro atoms. The third kappa shape index (κ3) is 8.84. The summed E-state index contributed by atoms with van der Waals surface area (Å²) in [5.74, 6) is -2.41. The molecule has 0 radical (unpaired) electrons. The first-order valence-electron chi connectivity index (χ1n) is 20.5. The van der Waals surface area contributed by atoms with Gasteiger partial charge in [-0.15, -0.1) is 23.1 Å². The Labute approximate surface area is 378 Å². The fraction of sp³-hybridized carbons (Fsp3) is 0.277. The van der Waals surface area contributed by atoms with Crippen molar-refractivity contribution >= 4 is 57.7 Å². The molecule has 1 aromatic heterocycles. The summed E-state index contributed by atoms with van der Waals surface area (Å²) in [5.41, 5.74) is 1.15. The fourth-order valence-electron chi connectivity index (χ4n) is 7.67. The summed E-state index contributed by atoms with van der Waals surface area (Å²) in [6.07, 6.45) is 0.156. The molecule has 330 valence electrons. The number of carbonyl (C=O) groups is 4. The largest absolute Gasteiger partial charge is 0.497 e. The highest BCUT2D eigenvalue weighted by Crippen LogP contribution is 2.44. The Kier molecular flexibility index (Phi) is 12.9. The number of aromatic nitrogens is 1. The summed E-state index contributed by atoms with van der Waals surface area (Å²) in [4.78, 5) is 72.3. The van der Waals surface area contributed by atoms with Crippen LogP contribution in [0.2, 0.25) is 0 Å². The lowest BCUT2D eigenvalue weighted by Crippen LogP contribution is -2.71. The minimum Gasteiger partial charge on any atom is -0.497 e. The number of anilines is 1. The summed E-state index contributed by atoms with van der Waals surface area (Å²) >= 11 is 2.59. The molecule has 0 bridgehead atoms. The number of thiazole rings is 1. The summed E-state index contributed by atoms with van der Waals surface area (Å²) < 4.78 is 11.0. The van der Waals surface area contributed by atoms with Gasteiger partial charge in [-0.05, 0) is 54.7 Å². The topological polar surface area (TPSA) is 181 Å². The van der Waals surface area contributed by atoms with Crippen LogP contribution >= 0.6 is 23.1 Å². The Morgan fingerprint density at radius 3 is 2.08 bits per heavy atom. The minimum atomic E-state index is -1.83. The standard InChI is InChI=1S/C47H46N6O9S2/c1-46(2,44(57)58)62-51-37(35-28-64-45(48-35)50-47(30-14-8-5-9-15-30,31-16-10-6-11-17-31)32-18-12-7-13-19-32)40(54)49-38-41(55)53-39(34(27-63-42(38)53)36-24-25-52(3)61-36)43(56)60-26-29-20-22-33(59-4)23-21-29/h5-23,28,36,38,42H,24-27H2,1-4H3,(H,48,50)(H,49,54)(H,57,58)/b51-37-/t36-,38?,42?/m0/s1. The van der Waals surface area contributed by atoms with Gasteiger partial charge in [0, 0.05) is 30.3 Å². The SMILES string of the molecule is COc1ccc(COC(=O)C2=C([C@@H]3CCN(C)O3)CSC3C(NC(=O)/C(=N\OC(C)(C)C(=O)O)c4csc(NC(c5ccccc5)(c5ccccc5)c5ccccc5)n4)C(=O)N23)cc1. The van der Waals surface area contributed by atoms with Gasteiger partial charge in [0.25, 0.3) is 11.8 Å². The van der Waals surface area contributed by atoms with Crippen LogP contribution in [0.25, 0.3) is 0 Å². The quantitative estimate of drug-likeness (QED) is 0.0337. The van der Waals surface area contributed by atoms with E-state index in [9.17, 15) is 24.3 Å². The number of rotatable bonds is 16. The monoisotopic (exact) mass is 902 g/mol. The number of hydroxylamine groups is 2. The van der Waals surface area contributed by atoms with Crippen LogP contribution in [0.5, 0.6) is 5.75 Å². The van der Waals surface area contributed by atoms with Crippen LogP contribution in [0.1, 0.15) is 48.2 Å². The van der Waals surface area contributed by atoms with Crippen LogP contribution in [-0.2, 0) is 45.7 Å². The van der Waals surface area contributed by atoms with E-state index in [1.807, 2.05) is 91.0 Å². The van der Waals surface area contributed by atoms with Crippen LogP contribution in [0.15, 0.2) is 137 Å². The van der Waals surface area contributed by atoms with Gasteiger partial charge < -0.3 is 30.1 Å². The van der Waals surface area contributed by atoms with Crippen molar-refractivity contribution in [2.45, 2.75) is 55.5 Å². The van der Waals surface area contributed by atoms with E-state index in [0.29, 0.717) is 35.2 Å². The van der Waals surface area contributed by atoms with Crippen LogP contribution < -0.4 is 15.4 Å². The Balaban J connectivity index is 1.08. The molecule has 0 aliphatic carbocycles. The van der Waals surface area contributed by atoms with Crippen LogP contribution in [-0.4, -0.2) is 99.1 Å². The number of carboxylic acid groups (broad SMARTS) is 1. The van der Waals surface area contributed by atoms with Crippen LogP contribution in [0.3, 0.4) is 0 Å². The number of amides is 2. The molecule has 3 aliphatic rings. The van der Waals surface area contributed by atoms with Crippen molar-refractivity contribution in [3.05, 3.63) is 160 Å². The summed E-state index contributed by atoms with van der Waals surface area (Å²) in [7, 11) is 3.36. The summed E-state index contributed by atoms with van der Waals surface area (Å²) in [6.45, 7) is 3.18. The number of esters is 1. The molecule has 2 amide bonds. The predicted molar refractivity (Wildman–Crippen MR) is 241 cm³/mol. The van der Waals surface area contributed by atoms with Gasteiger partial charge >= 0.3 is 11.9 Å². The fourth-order valence-corrected chi connectivity index (χ4v) is 9.83. The number of oxime groups is 1. The molecule has 8 rings (SSSR count). The van der Waals surface area contributed by atoms with Gasteiger partial charge in [0.2, 0.25) is 5.60 Å². The molecule has 2 unspecified atom stereocenters. The maximum Gasteiger partial charge on any atom is 0.355 e. The van der Waals surface area contributed by atoms with Gasteiger partial charge in [-0.3, -0.25) is 19.3 Å². The zero-order valence-corrected chi connectivity index (χ0v) is 37.1. The molecule has 0 saturated carbocycles. The Bertz CT molecular complexity index is 2470. The van der Waals surface area contributed by atoms with Crippen molar-refractivity contribution in [1.82, 2.24) is 20.3 Å². The normalized spacial score (nSPS) is 19.1. The smallest absolute Gasteiger partial charge is 0.355 e. The average molecular weight is 903 g/mol. The van der Waals surface area contributed by atoms with Crippen LogP contribution in [0, 0.1) is 0 Å². The molecule has 3 N–H and O–H groups in total. The number of carboxylic acids is 1. The number of fused-ring (bicyclic) bond motifs is 1. The molecule has 17 heteroatoms. The first-order chi connectivity index (χ1) is 30.9. The Hall–Kier alpha value is -6.53. The van der Waals surface area contributed by atoms with Gasteiger partial charge in [-0.25, -0.2) is 14.6 Å². The van der Waals surface area contributed by atoms with E-state index >= 15 is 0 Å². The Morgan fingerprint density at radius 2 is 1.53 bits per heavy atom. The number of aliphatic carboxylic acids is 1. The number of hydrogen-bond acceptors (Lipinski definition) is 14. The molecular formula is C47H46N6O9S2. The van der Waals surface area contributed by atoms with E-state index in [4.69, 9.17) is 24.1 Å². The van der Waals surface area contributed by atoms with Gasteiger partial charge in [0.15, 0.2) is 10.8 Å². The van der Waals surface area contributed by atoms with E-state index in [0.717, 1.165) is 22.3 Å². The number of nitrogens with zero attached hydrogens (tertiary/aromatic N) is 4. The number of nitrogens with one attached hydrogen (secondary N) is 2. The number of ether oxygens (including phenoxy) is 2. The van der Waals surface area contributed by atoms with E-state index < -0.39 is 52.4 Å². The van der Waals surface area contributed by atoms with Crippen molar-refractivity contribution in [1.29, 1.82) is 0 Å². The van der Waals surface area contributed by atoms with Crippen molar-refractivity contribution in [3.63, 3.8) is 0 Å². The van der Waals surface area contributed by atoms with E-state index in [1.165, 1.54) is 41.8 Å². The number of β-lactam (4-membered cyclic amide) rings is 1. The number of hydrogen-bond donors (Lipinski definition) is 3. The molecule has 4 heterocycles. The molecule has 3 aliphatic heterocycles. The Morgan fingerprint density at radius 1 is 0.922 bits per heavy atom. The number of thioether (sulfide) groups is 1. The number of methoxy groups -OCH3 is 1. The maximum atomic E-state index is 14.4. The number of carbonyl (C=O) groups excluding carboxylic acids is 3. The van der Waals surface area contributed by atoms with Crippen molar-refractivity contribution < 1.29 is 43.4 Å². The molecule has 2 fully saturated rings. The average Bonchev–Trinajstić information content (AvgIpc) is 3.98.